The molecule has 5 heteroatoms. The number of thioether (sulfide) groups is 1. The zero-order valence-electron chi connectivity index (χ0n) is 10.1. The Hall–Kier alpha value is -2.23. The molecule has 0 saturated carbocycles. The minimum Gasteiger partial charge on any atom is -0.257 e. The molecule has 0 fully saturated rings. The molecule has 92 valence electrons. The SMILES string of the molecule is C=C1/C=c2/cncn/c2=C/CC2=C(N=C=CC=N2)S1. The first-order chi connectivity index (χ1) is 9.33. The van der Waals surface area contributed by atoms with Gasteiger partial charge in [-0.15, -0.1) is 0 Å². The summed E-state index contributed by atoms with van der Waals surface area (Å²) in [6.07, 6.45) is 11.4. The summed E-state index contributed by atoms with van der Waals surface area (Å²) in [4.78, 5) is 17.9. The molecule has 0 spiro atoms. The molecule has 0 atom stereocenters. The molecule has 1 aromatic rings. The van der Waals surface area contributed by atoms with Gasteiger partial charge in [0.05, 0.1) is 11.0 Å². The summed E-state index contributed by atoms with van der Waals surface area (Å²) in [5.41, 5.74) is 0.896. The van der Waals surface area contributed by atoms with Crippen molar-refractivity contribution in [1.82, 2.24) is 9.97 Å². The van der Waals surface area contributed by atoms with Crippen molar-refractivity contribution < 1.29 is 0 Å². The van der Waals surface area contributed by atoms with Crippen molar-refractivity contribution in [2.24, 2.45) is 9.98 Å². The van der Waals surface area contributed by atoms with Crippen molar-refractivity contribution in [1.29, 1.82) is 0 Å². The number of fused-ring (bicyclic) bond motifs is 1. The largest absolute Gasteiger partial charge is 0.257 e. The molecule has 19 heavy (non-hydrogen) atoms. The topological polar surface area (TPSA) is 50.5 Å². The molecule has 4 nitrogen and oxygen atoms in total. The fraction of sp³-hybridized carbons (Fsp3) is 0.0714. The average Bonchev–Trinajstić information content (AvgIpc) is 2.59. The normalized spacial score (nSPS) is 20.9. The van der Waals surface area contributed by atoms with Crippen molar-refractivity contribution in [3.8, 4) is 0 Å². The van der Waals surface area contributed by atoms with Crippen LogP contribution in [0.4, 0.5) is 0 Å². The van der Waals surface area contributed by atoms with E-state index < -0.39 is 0 Å². The molecule has 0 radical (unpaired) electrons. The number of allylic oxidation sites excluding steroid dienone is 3. The first-order valence-corrected chi connectivity index (χ1v) is 6.54. The second-order valence-corrected chi connectivity index (χ2v) is 5.04. The summed E-state index contributed by atoms with van der Waals surface area (Å²) < 4.78 is 0. The van der Waals surface area contributed by atoms with Crippen LogP contribution in [0.15, 0.2) is 50.8 Å². The predicted octanol–water partition coefficient (Wildman–Crippen LogP) is 1.17. The maximum Gasteiger partial charge on any atom is 0.133 e. The third kappa shape index (κ3) is 2.62. The Morgan fingerprint density at radius 1 is 1.37 bits per heavy atom. The van der Waals surface area contributed by atoms with Gasteiger partial charge >= 0.3 is 0 Å². The summed E-state index contributed by atoms with van der Waals surface area (Å²) in [6, 6.07) is 0. The van der Waals surface area contributed by atoms with E-state index in [1.165, 1.54) is 11.8 Å². The van der Waals surface area contributed by atoms with Gasteiger partial charge in [0.15, 0.2) is 0 Å². The van der Waals surface area contributed by atoms with Crippen LogP contribution in [0.2, 0.25) is 0 Å². The second-order valence-electron chi connectivity index (χ2n) is 3.92. The van der Waals surface area contributed by atoms with Gasteiger partial charge in [0.2, 0.25) is 0 Å². The Bertz CT molecular complexity index is 780. The molecule has 2 aliphatic heterocycles. The summed E-state index contributed by atoms with van der Waals surface area (Å²) >= 11 is 1.49. The highest BCUT2D eigenvalue weighted by atomic mass is 32.2. The standard InChI is InChI=1S/C14H10N4S/c1-10-7-11-8-15-9-18-12(11)3-4-13-14(19-10)17-6-2-5-16-13/h2-3,5,7-9H,1,4H2/b11-7-,12-3+. The Morgan fingerprint density at radius 3 is 3.26 bits per heavy atom. The lowest BCUT2D eigenvalue weighted by Crippen LogP contribution is -2.28. The zero-order valence-corrected chi connectivity index (χ0v) is 10.9. The van der Waals surface area contributed by atoms with Crippen LogP contribution in [0, 0.1) is 0 Å². The van der Waals surface area contributed by atoms with Gasteiger partial charge in [-0.05, 0) is 11.9 Å². The molecule has 0 aliphatic carbocycles. The highest BCUT2D eigenvalue weighted by Gasteiger charge is 2.09. The van der Waals surface area contributed by atoms with E-state index in [-0.39, 0.29) is 0 Å². The quantitative estimate of drug-likeness (QED) is 0.708. The predicted molar refractivity (Wildman–Crippen MR) is 79.1 cm³/mol. The Morgan fingerprint density at radius 2 is 2.32 bits per heavy atom. The first kappa shape index (κ1) is 11.8. The van der Waals surface area contributed by atoms with Gasteiger partial charge in [0, 0.05) is 35.0 Å². The summed E-state index contributed by atoms with van der Waals surface area (Å²) in [7, 11) is 0. The van der Waals surface area contributed by atoms with Gasteiger partial charge in [0.25, 0.3) is 0 Å². The van der Waals surface area contributed by atoms with Gasteiger partial charge in [-0.2, -0.15) is 4.99 Å². The van der Waals surface area contributed by atoms with E-state index in [2.05, 4.69) is 32.4 Å². The van der Waals surface area contributed by atoms with Crippen LogP contribution in [-0.4, -0.2) is 22.1 Å². The van der Waals surface area contributed by atoms with Crippen LogP contribution in [0.25, 0.3) is 12.2 Å². The molecule has 0 saturated heterocycles. The van der Waals surface area contributed by atoms with Gasteiger partial charge in [0.1, 0.15) is 11.4 Å². The fourth-order valence-electron chi connectivity index (χ4n) is 1.75. The van der Waals surface area contributed by atoms with E-state index >= 15 is 0 Å². The van der Waals surface area contributed by atoms with Crippen LogP contribution >= 0.6 is 11.8 Å². The van der Waals surface area contributed by atoms with Gasteiger partial charge in [-0.3, -0.25) is 4.99 Å². The molecule has 0 amide bonds. The maximum absolute atomic E-state index is 4.39. The van der Waals surface area contributed by atoms with Crippen LogP contribution in [-0.2, 0) is 0 Å². The van der Waals surface area contributed by atoms with Crippen LogP contribution in [0.3, 0.4) is 0 Å². The molecule has 1 aromatic heterocycles. The number of hydrogen-bond acceptors (Lipinski definition) is 5. The highest BCUT2D eigenvalue weighted by Crippen LogP contribution is 2.31. The van der Waals surface area contributed by atoms with Crippen molar-refractivity contribution in [2.75, 3.05) is 0 Å². The van der Waals surface area contributed by atoms with Crippen LogP contribution in [0.1, 0.15) is 6.42 Å². The van der Waals surface area contributed by atoms with Crippen molar-refractivity contribution in [2.45, 2.75) is 6.42 Å². The number of hydrogen-bond donors (Lipinski definition) is 0. The van der Waals surface area contributed by atoms with E-state index in [0.29, 0.717) is 6.42 Å². The van der Waals surface area contributed by atoms with Crippen LogP contribution < -0.4 is 10.6 Å². The van der Waals surface area contributed by atoms with Crippen molar-refractivity contribution in [3.05, 3.63) is 51.4 Å². The summed E-state index contributed by atoms with van der Waals surface area (Å²) in [5.74, 6) is 2.83. The van der Waals surface area contributed by atoms with Crippen LogP contribution in [0.5, 0.6) is 0 Å². The van der Waals surface area contributed by atoms with E-state index in [1.54, 1.807) is 24.8 Å². The molecular weight excluding hydrogens is 256 g/mol. The zero-order chi connectivity index (χ0) is 13.1. The number of rotatable bonds is 0. The number of aromatic nitrogens is 2. The Balaban J connectivity index is 2.18. The molecule has 0 aromatic carbocycles. The van der Waals surface area contributed by atoms with E-state index in [0.717, 1.165) is 26.2 Å². The van der Waals surface area contributed by atoms with Gasteiger partial charge in [-0.25, -0.2) is 9.97 Å². The molecule has 3 rings (SSSR count). The molecule has 0 N–H and O–H groups in total. The Labute approximate surface area is 114 Å². The summed E-state index contributed by atoms with van der Waals surface area (Å²) in [6.45, 7) is 4.03. The fourth-order valence-corrected chi connectivity index (χ4v) is 2.54. The Kier molecular flexibility index (Phi) is 3.23. The molecule has 2 aliphatic rings. The highest BCUT2D eigenvalue weighted by molar-refractivity contribution is 8.07. The smallest absolute Gasteiger partial charge is 0.133 e. The van der Waals surface area contributed by atoms with Gasteiger partial charge < -0.3 is 0 Å². The van der Waals surface area contributed by atoms with Gasteiger partial charge in [-0.1, -0.05) is 24.4 Å². The van der Waals surface area contributed by atoms with E-state index in [4.69, 9.17) is 0 Å². The molecular formula is C14H10N4S. The minimum atomic E-state index is 0.670. The third-order valence-electron chi connectivity index (χ3n) is 2.60. The molecule has 3 heterocycles. The lowest BCUT2D eigenvalue weighted by atomic mass is 10.2. The van der Waals surface area contributed by atoms with Crippen molar-refractivity contribution in [3.63, 3.8) is 0 Å². The van der Waals surface area contributed by atoms with E-state index in [1.807, 2.05) is 12.2 Å². The monoisotopic (exact) mass is 266 g/mol. The molecule has 0 unspecified atom stereocenters. The number of nitrogens with zero attached hydrogens (tertiary/aromatic N) is 4. The minimum absolute atomic E-state index is 0.670. The second kappa shape index (κ2) is 5.18. The maximum atomic E-state index is 4.39. The average molecular weight is 266 g/mol. The summed E-state index contributed by atoms with van der Waals surface area (Å²) in [5, 5.41) is 2.67. The van der Waals surface area contributed by atoms with Crippen molar-refractivity contribution >= 4 is 36.0 Å². The first-order valence-electron chi connectivity index (χ1n) is 5.73. The van der Waals surface area contributed by atoms with E-state index in [9.17, 15) is 0 Å². The molecule has 0 bridgehead atoms. The lowest BCUT2D eigenvalue weighted by molar-refractivity contribution is 1.08. The lowest BCUT2D eigenvalue weighted by Gasteiger charge is -2.03. The third-order valence-corrected chi connectivity index (χ3v) is 3.50. The number of aliphatic imine (C=N–C) groups is 2.